The number of aliphatic hydroxyl groups is 1. The second-order valence-corrected chi connectivity index (χ2v) is 9.36. The summed E-state index contributed by atoms with van der Waals surface area (Å²) < 4.78 is 5.58. The van der Waals surface area contributed by atoms with E-state index in [1.54, 1.807) is 11.1 Å². The molecule has 1 aliphatic carbocycles. The summed E-state index contributed by atoms with van der Waals surface area (Å²) in [7, 11) is 0. The predicted octanol–water partition coefficient (Wildman–Crippen LogP) is 5.37. The van der Waals surface area contributed by atoms with Gasteiger partial charge in [-0.2, -0.15) is 5.10 Å². The highest BCUT2D eigenvalue weighted by atomic mass is 35.5. The number of hydrogen-bond donors (Lipinski definition) is 2. The Balaban J connectivity index is 1.67. The van der Waals surface area contributed by atoms with Gasteiger partial charge in [0, 0.05) is 5.92 Å². The fourth-order valence-electron chi connectivity index (χ4n) is 4.64. The van der Waals surface area contributed by atoms with Gasteiger partial charge in [0.1, 0.15) is 11.5 Å². The normalized spacial score (nSPS) is 25.0. The van der Waals surface area contributed by atoms with Gasteiger partial charge < -0.3 is 15.2 Å². The number of aliphatic hydroxyl groups excluding tert-OH is 1. The van der Waals surface area contributed by atoms with Crippen LogP contribution in [0.1, 0.15) is 51.1 Å². The van der Waals surface area contributed by atoms with Crippen LogP contribution in [0.5, 0.6) is 5.75 Å². The standard InChI is InChI=1S/C25H29Cl2N3O3/c1-3-33-17-13-11-16(12-14-17)24-15(2)23(25(32)28-19-8-4-5-10-21(19)31)29-30(24)20-9-6-7-18(26)22(20)27/h6-7,9,11-15,19,21,24,31H,3-5,8,10H2,1-2H3,(H,28,32)/t15?,19-,21-,24?/m0/s1. The number of hydrogen-bond acceptors (Lipinski definition) is 5. The zero-order valence-electron chi connectivity index (χ0n) is 18.8. The highest BCUT2D eigenvalue weighted by Crippen LogP contribution is 2.43. The van der Waals surface area contributed by atoms with Gasteiger partial charge in [-0.05, 0) is 49.6 Å². The predicted molar refractivity (Wildman–Crippen MR) is 132 cm³/mol. The fraction of sp³-hybridized carbons (Fsp3) is 0.440. The van der Waals surface area contributed by atoms with Gasteiger partial charge in [0.15, 0.2) is 0 Å². The molecular weight excluding hydrogens is 461 g/mol. The lowest BCUT2D eigenvalue weighted by atomic mass is 9.89. The van der Waals surface area contributed by atoms with Crippen LogP contribution >= 0.6 is 23.2 Å². The monoisotopic (exact) mass is 489 g/mol. The first kappa shape index (κ1) is 23.9. The number of rotatable bonds is 6. The van der Waals surface area contributed by atoms with E-state index in [4.69, 9.17) is 33.0 Å². The molecule has 0 saturated heterocycles. The molecule has 1 amide bonds. The van der Waals surface area contributed by atoms with Crippen LogP contribution in [0.2, 0.25) is 10.0 Å². The Morgan fingerprint density at radius 2 is 1.91 bits per heavy atom. The Hall–Kier alpha value is -2.28. The molecule has 0 radical (unpaired) electrons. The Kier molecular flexibility index (Phi) is 7.47. The molecule has 176 valence electrons. The summed E-state index contributed by atoms with van der Waals surface area (Å²) in [5.74, 6) is 0.299. The summed E-state index contributed by atoms with van der Waals surface area (Å²) in [4.78, 5) is 13.3. The molecule has 0 spiro atoms. The van der Waals surface area contributed by atoms with Crippen LogP contribution in [-0.4, -0.2) is 35.5 Å². The lowest BCUT2D eigenvalue weighted by molar-refractivity contribution is -0.116. The smallest absolute Gasteiger partial charge is 0.268 e. The van der Waals surface area contributed by atoms with Gasteiger partial charge in [0.25, 0.3) is 5.91 Å². The number of carbonyl (C=O) groups is 1. The molecule has 4 rings (SSSR count). The van der Waals surface area contributed by atoms with E-state index in [1.165, 1.54) is 0 Å². The van der Waals surface area contributed by atoms with E-state index >= 15 is 0 Å². The van der Waals surface area contributed by atoms with E-state index < -0.39 is 6.10 Å². The molecule has 1 aliphatic heterocycles. The third kappa shape index (κ3) is 4.98. The van der Waals surface area contributed by atoms with Gasteiger partial charge in [0.2, 0.25) is 0 Å². The molecule has 0 aromatic heterocycles. The maximum Gasteiger partial charge on any atom is 0.268 e. The number of anilines is 1. The largest absolute Gasteiger partial charge is 0.494 e. The minimum atomic E-state index is -0.527. The first-order valence-electron chi connectivity index (χ1n) is 11.4. The van der Waals surface area contributed by atoms with Crippen molar-refractivity contribution in [1.82, 2.24) is 5.32 Å². The minimum Gasteiger partial charge on any atom is -0.494 e. The van der Waals surface area contributed by atoms with Crippen molar-refractivity contribution in [3.8, 4) is 5.75 Å². The summed E-state index contributed by atoms with van der Waals surface area (Å²) >= 11 is 12.8. The SMILES string of the molecule is CCOc1ccc(C2C(C)C(C(=O)N[C@H]3CCCC[C@@H]3O)=NN2c2cccc(Cl)c2Cl)cc1. The number of amides is 1. The average Bonchev–Trinajstić information content (AvgIpc) is 3.15. The van der Waals surface area contributed by atoms with Crippen molar-refractivity contribution >= 4 is 40.5 Å². The van der Waals surface area contributed by atoms with E-state index in [0.717, 1.165) is 30.6 Å². The number of nitrogens with one attached hydrogen (secondary N) is 1. The van der Waals surface area contributed by atoms with Gasteiger partial charge in [-0.15, -0.1) is 0 Å². The maximum absolute atomic E-state index is 13.3. The molecule has 2 N–H and O–H groups in total. The summed E-state index contributed by atoms with van der Waals surface area (Å²) in [6, 6.07) is 12.7. The van der Waals surface area contributed by atoms with Crippen molar-refractivity contribution in [3.63, 3.8) is 0 Å². The van der Waals surface area contributed by atoms with Crippen molar-refractivity contribution in [2.45, 2.75) is 57.7 Å². The van der Waals surface area contributed by atoms with Crippen LogP contribution in [0.25, 0.3) is 0 Å². The third-order valence-corrected chi connectivity index (χ3v) is 7.18. The molecule has 4 atom stereocenters. The molecule has 2 unspecified atom stereocenters. The number of hydrazone groups is 1. The van der Waals surface area contributed by atoms with Crippen molar-refractivity contribution in [1.29, 1.82) is 0 Å². The summed E-state index contributed by atoms with van der Waals surface area (Å²) in [5, 5.41) is 20.6. The highest BCUT2D eigenvalue weighted by molar-refractivity contribution is 6.44. The number of halogens is 2. The average molecular weight is 490 g/mol. The molecule has 0 bridgehead atoms. The molecule has 2 aromatic rings. The van der Waals surface area contributed by atoms with Crippen LogP contribution in [-0.2, 0) is 4.79 Å². The molecule has 6 nitrogen and oxygen atoms in total. The Morgan fingerprint density at radius 3 is 2.61 bits per heavy atom. The van der Waals surface area contributed by atoms with Gasteiger partial charge in [-0.25, -0.2) is 0 Å². The molecule has 1 saturated carbocycles. The second-order valence-electron chi connectivity index (χ2n) is 8.57. The van der Waals surface area contributed by atoms with E-state index in [-0.39, 0.29) is 23.9 Å². The van der Waals surface area contributed by atoms with Gasteiger partial charge in [-0.3, -0.25) is 9.80 Å². The molecule has 33 heavy (non-hydrogen) atoms. The fourth-order valence-corrected chi connectivity index (χ4v) is 5.02. The Bertz CT molecular complexity index is 1030. The maximum atomic E-state index is 13.3. The lowest BCUT2D eigenvalue weighted by Crippen LogP contribution is -2.48. The molecule has 1 heterocycles. The van der Waals surface area contributed by atoms with E-state index in [1.807, 2.05) is 50.2 Å². The highest BCUT2D eigenvalue weighted by Gasteiger charge is 2.41. The zero-order chi connectivity index (χ0) is 23.5. The van der Waals surface area contributed by atoms with Crippen LogP contribution in [0.15, 0.2) is 47.6 Å². The van der Waals surface area contributed by atoms with Crippen molar-refractivity contribution in [3.05, 3.63) is 58.1 Å². The Morgan fingerprint density at radius 1 is 1.18 bits per heavy atom. The number of carbonyl (C=O) groups excluding carboxylic acids is 1. The molecule has 8 heteroatoms. The first-order chi connectivity index (χ1) is 15.9. The first-order valence-corrected chi connectivity index (χ1v) is 12.2. The third-order valence-electron chi connectivity index (χ3n) is 6.37. The molecule has 1 fully saturated rings. The summed E-state index contributed by atoms with van der Waals surface area (Å²) in [6.07, 6.45) is 2.90. The van der Waals surface area contributed by atoms with Crippen molar-refractivity contribution < 1.29 is 14.6 Å². The van der Waals surface area contributed by atoms with Crippen molar-refractivity contribution in [2.75, 3.05) is 11.6 Å². The molecular formula is C25H29Cl2N3O3. The summed E-state index contributed by atoms with van der Waals surface area (Å²) in [5.41, 5.74) is 2.02. The van der Waals surface area contributed by atoms with Crippen LogP contribution < -0.4 is 15.1 Å². The second kappa shape index (κ2) is 10.3. The number of benzene rings is 2. The minimum absolute atomic E-state index is 0.223. The molecule has 2 aliphatic rings. The Labute approximate surface area is 204 Å². The van der Waals surface area contributed by atoms with Crippen molar-refractivity contribution in [2.24, 2.45) is 11.0 Å². The van der Waals surface area contributed by atoms with E-state index in [2.05, 4.69) is 5.32 Å². The van der Waals surface area contributed by atoms with Crippen LogP contribution in [0, 0.1) is 5.92 Å². The quantitative estimate of drug-likeness (QED) is 0.572. The summed E-state index contributed by atoms with van der Waals surface area (Å²) in [6.45, 7) is 4.51. The number of nitrogens with zero attached hydrogens (tertiary/aromatic N) is 2. The van der Waals surface area contributed by atoms with Gasteiger partial charge in [-0.1, -0.05) is 61.2 Å². The topological polar surface area (TPSA) is 74.2 Å². The van der Waals surface area contributed by atoms with Crippen LogP contribution in [0.3, 0.4) is 0 Å². The zero-order valence-corrected chi connectivity index (χ0v) is 20.3. The van der Waals surface area contributed by atoms with E-state index in [9.17, 15) is 9.90 Å². The van der Waals surface area contributed by atoms with Gasteiger partial charge in [0.05, 0.1) is 40.5 Å². The van der Waals surface area contributed by atoms with Crippen LogP contribution in [0.4, 0.5) is 5.69 Å². The number of ether oxygens (including phenoxy) is 1. The molecule has 2 aromatic carbocycles. The van der Waals surface area contributed by atoms with Gasteiger partial charge >= 0.3 is 0 Å². The lowest BCUT2D eigenvalue weighted by Gasteiger charge is -2.29. The van der Waals surface area contributed by atoms with E-state index in [0.29, 0.717) is 34.5 Å².